The molecule has 0 aromatic heterocycles. The van der Waals surface area contributed by atoms with Crippen LogP contribution in [-0.4, -0.2) is 62.7 Å². The van der Waals surface area contributed by atoms with Gasteiger partial charge in [0.1, 0.15) is 18.4 Å². The molecule has 0 saturated carbocycles. The number of rotatable bonds is 11. The molecule has 2 aromatic rings. The first-order valence-corrected chi connectivity index (χ1v) is 12.5. The highest BCUT2D eigenvalue weighted by atomic mass is 32.2. The van der Waals surface area contributed by atoms with E-state index in [1.807, 2.05) is 31.2 Å². The summed E-state index contributed by atoms with van der Waals surface area (Å²) in [6.07, 6.45) is 0.323. The largest absolute Gasteiger partial charge is 0.355 e. The van der Waals surface area contributed by atoms with Crippen LogP contribution >= 0.6 is 0 Å². The van der Waals surface area contributed by atoms with E-state index in [9.17, 15) is 22.4 Å². The summed E-state index contributed by atoms with van der Waals surface area (Å²) in [5, 5.41) is 2.74. The number of anilines is 1. The Morgan fingerprint density at radius 3 is 2.21 bits per heavy atom. The molecule has 0 heterocycles. The van der Waals surface area contributed by atoms with Gasteiger partial charge in [0.2, 0.25) is 11.8 Å². The summed E-state index contributed by atoms with van der Waals surface area (Å²) >= 11 is 0. The fourth-order valence-electron chi connectivity index (χ4n) is 3.54. The van der Waals surface area contributed by atoms with Crippen molar-refractivity contribution in [1.29, 1.82) is 0 Å². The molecule has 0 unspecified atom stereocenters. The first-order valence-electron chi connectivity index (χ1n) is 11.1. The molecule has 8 nitrogen and oxygen atoms in total. The maximum absolute atomic E-state index is 14.6. The van der Waals surface area contributed by atoms with Crippen LogP contribution < -0.4 is 9.62 Å². The number of nitrogens with one attached hydrogen (secondary N) is 1. The van der Waals surface area contributed by atoms with Gasteiger partial charge in [0.05, 0.1) is 5.69 Å². The molecular weight excluding hydrogens is 459 g/mol. The van der Waals surface area contributed by atoms with Crippen molar-refractivity contribution in [2.75, 3.05) is 31.5 Å². The van der Waals surface area contributed by atoms with E-state index < -0.39 is 34.5 Å². The fourth-order valence-corrected chi connectivity index (χ4v) is 4.60. The van der Waals surface area contributed by atoms with E-state index in [-0.39, 0.29) is 18.1 Å². The van der Waals surface area contributed by atoms with Crippen molar-refractivity contribution in [3.8, 4) is 0 Å². The lowest BCUT2D eigenvalue weighted by Gasteiger charge is -2.34. The van der Waals surface area contributed by atoms with Gasteiger partial charge in [0.25, 0.3) is 0 Å². The van der Waals surface area contributed by atoms with Crippen molar-refractivity contribution in [3.63, 3.8) is 0 Å². The van der Waals surface area contributed by atoms with Gasteiger partial charge in [-0.15, -0.1) is 0 Å². The molecule has 2 aromatic carbocycles. The van der Waals surface area contributed by atoms with E-state index in [1.54, 1.807) is 13.8 Å². The highest BCUT2D eigenvalue weighted by molar-refractivity contribution is 7.90. The zero-order chi connectivity index (χ0) is 25.5. The zero-order valence-electron chi connectivity index (χ0n) is 20.3. The quantitative estimate of drug-likeness (QED) is 0.522. The number of aryl methyl sites for hydroxylation is 1. The Kier molecular flexibility index (Phi) is 9.57. The smallest absolute Gasteiger partial charge is 0.304 e. The Hall–Kier alpha value is -2.98. The first kappa shape index (κ1) is 27.3. The zero-order valence-corrected chi connectivity index (χ0v) is 21.1. The minimum absolute atomic E-state index is 0.105. The highest BCUT2D eigenvalue weighted by Crippen LogP contribution is 2.24. The third-order valence-electron chi connectivity index (χ3n) is 5.48. The molecule has 2 rings (SSSR count). The monoisotopic (exact) mass is 492 g/mol. The van der Waals surface area contributed by atoms with Gasteiger partial charge in [-0.1, -0.05) is 43.3 Å². The van der Waals surface area contributed by atoms with E-state index in [0.29, 0.717) is 13.0 Å². The molecule has 186 valence electrons. The predicted molar refractivity (Wildman–Crippen MR) is 131 cm³/mol. The van der Waals surface area contributed by atoms with Gasteiger partial charge in [0.15, 0.2) is 0 Å². The van der Waals surface area contributed by atoms with Crippen LogP contribution in [0.2, 0.25) is 0 Å². The van der Waals surface area contributed by atoms with E-state index in [4.69, 9.17) is 0 Å². The van der Waals surface area contributed by atoms with E-state index >= 15 is 0 Å². The highest BCUT2D eigenvalue weighted by Gasteiger charge is 2.34. The SMILES string of the molecule is CCNC(=O)[C@H](CC)N(Cc1ccccc1C)C(=O)CN(c1ccccc1F)S(=O)(=O)N(C)C. The molecule has 0 aliphatic heterocycles. The Bertz CT molecular complexity index is 1110. The predicted octanol–water partition coefficient (Wildman–Crippen LogP) is 2.69. The van der Waals surface area contributed by atoms with E-state index in [0.717, 1.165) is 25.8 Å². The van der Waals surface area contributed by atoms with Gasteiger partial charge < -0.3 is 10.2 Å². The molecule has 1 N–H and O–H groups in total. The van der Waals surface area contributed by atoms with Crippen LogP contribution in [-0.2, 0) is 26.3 Å². The molecule has 0 saturated heterocycles. The minimum atomic E-state index is -4.21. The van der Waals surface area contributed by atoms with Gasteiger partial charge in [0, 0.05) is 27.2 Å². The number of likely N-dealkylation sites (N-methyl/N-ethyl adjacent to an activating group) is 1. The summed E-state index contributed by atoms with van der Waals surface area (Å²) in [5.74, 6) is -1.73. The number of nitrogens with zero attached hydrogens (tertiary/aromatic N) is 3. The van der Waals surface area contributed by atoms with Crippen molar-refractivity contribution >= 4 is 27.7 Å². The summed E-state index contributed by atoms with van der Waals surface area (Å²) in [5.41, 5.74) is 1.51. The normalized spacial score (nSPS) is 12.3. The van der Waals surface area contributed by atoms with Crippen LogP contribution in [0.1, 0.15) is 31.4 Å². The summed E-state index contributed by atoms with van der Waals surface area (Å²) in [7, 11) is -1.59. The van der Waals surface area contributed by atoms with Crippen molar-refractivity contribution < 1.29 is 22.4 Å². The maximum Gasteiger partial charge on any atom is 0.304 e. The average molecular weight is 493 g/mol. The van der Waals surface area contributed by atoms with Crippen LogP contribution in [0.15, 0.2) is 48.5 Å². The van der Waals surface area contributed by atoms with E-state index in [1.165, 1.54) is 37.2 Å². The molecule has 0 aliphatic rings. The van der Waals surface area contributed by atoms with Crippen molar-refractivity contribution in [3.05, 3.63) is 65.5 Å². The Balaban J connectivity index is 2.53. The minimum Gasteiger partial charge on any atom is -0.355 e. The third-order valence-corrected chi connectivity index (χ3v) is 7.28. The van der Waals surface area contributed by atoms with Gasteiger partial charge in [-0.05, 0) is 43.5 Å². The lowest BCUT2D eigenvalue weighted by Crippen LogP contribution is -2.53. The number of carbonyl (C=O) groups is 2. The Labute approximate surface area is 201 Å². The molecule has 0 spiro atoms. The van der Waals surface area contributed by atoms with Gasteiger partial charge in [-0.3, -0.25) is 9.59 Å². The number of para-hydroxylation sites is 1. The summed E-state index contributed by atoms with van der Waals surface area (Å²) in [4.78, 5) is 27.8. The maximum atomic E-state index is 14.6. The molecule has 0 aliphatic carbocycles. The number of benzene rings is 2. The van der Waals surface area contributed by atoms with Crippen LogP contribution in [0.4, 0.5) is 10.1 Å². The van der Waals surface area contributed by atoms with Gasteiger partial charge in [-0.2, -0.15) is 12.7 Å². The second-order valence-electron chi connectivity index (χ2n) is 8.01. The molecular formula is C24H33FN4O4S. The molecule has 0 fully saturated rings. The van der Waals surface area contributed by atoms with Crippen LogP contribution in [0.5, 0.6) is 0 Å². The first-order chi connectivity index (χ1) is 16.0. The molecule has 0 radical (unpaired) electrons. The third kappa shape index (κ3) is 6.32. The van der Waals surface area contributed by atoms with Crippen LogP contribution in [0, 0.1) is 12.7 Å². The number of hydrogen-bond acceptors (Lipinski definition) is 4. The van der Waals surface area contributed by atoms with Crippen molar-refractivity contribution in [2.24, 2.45) is 0 Å². The molecule has 2 amide bonds. The second kappa shape index (κ2) is 11.9. The second-order valence-corrected chi connectivity index (χ2v) is 10.1. The molecule has 34 heavy (non-hydrogen) atoms. The number of carbonyl (C=O) groups excluding carboxylic acids is 2. The average Bonchev–Trinajstić information content (AvgIpc) is 2.79. The molecule has 10 heteroatoms. The Morgan fingerprint density at radius 2 is 1.65 bits per heavy atom. The number of halogens is 1. The summed E-state index contributed by atoms with van der Waals surface area (Å²) < 4.78 is 42.4. The molecule has 1 atom stereocenters. The standard InChI is InChI=1S/C24H33FN4O4S/c1-6-21(24(31)26-7-2)28(16-19-13-9-8-12-18(19)3)23(30)17-29(34(32,33)27(4)5)22-15-11-10-14-20(22)25/h8-15,21H,6-7,16-17H2,1-5H3,(H,26,31)/t21-/m0/s1. The lowest BCUT2D eigenvalue weighted by molar-refractivity contribution is -0.140. The van der Waals surface area contributed by atoms with Gasteiger partial charge in [-0.25, -0.2) is 8.70 Å². The number of amides is 2. The topological polar surface area (TPSA) is 90.0 Å². The van der Waals surface area contributed by atoms with Crippen molar-refractivity contribution in [2.45, 2.75) is 39.8 Å². The van der Waals surface area contributed by atoms with E-state index in [2.05, 4.69) is 5.32 Å². The van der Waals surface area contributed by atoms with Gasteiger partial charge >= 0.3 is 10.2 Å². The van der Waals surface area contributed by atoms with Crippen LogP contribution in [0.3, 0.4) is 0 Å². The van der Waals surface area contributed by atoms with Crippen LogP contribution in [0.25, 0.3) is 0 Å². The lowest BCUT2D eigenvalue weighted by atomic mass is 10.1. The number of hydrogen-bond donors (Lipinski definition) is 1. The summed E-state index contributed by atoms with van der Waals surface area (Å²) in [6.45, 7) is 5.29. The summed E-state index contributed by atoms with van der Waals surface area (Å²) in [6, 6.07) is 12.0. The fraction of sp³-hybridized carbons (Fsp3) is 0.417. The Morgan fingerprint density at radius 1 is 1.03 bits per heavy atom. The molecule has 0 bridgehead atoms. The van der Waals surface area contributed by atoms with Crippen molar-refractivity contribution in [1.82, 2.24) is 14.5 Å².